The van der Waals surface area contributed by atoms with Gasteiger partial charge < -0.3 is 9.73 Å². The molecule has 20 heavy (non-hydrogen) atoms. The fourth-order valence-corrected chi connectivity index (χ4v) is 2.87. The molecule has 0 amide bonds. The number of fused-ring (bicyclic) bond motifs is 1. The number of halogens is 1. The minimum atomic E-state index is 0.112. The molecule has 1 atom stereocenters. The molecule has 0 aliphatic carbocycles. The van der Waals surface area contributed by atoms with Gasteiger partial charge in [-0.3, -0.25) is 0 Å². The third kappa shape index (κ3) is 2.59. The average Bonchev–Trinajstić information content (AvgIpc) is 2.86. The fraction of sp³-hybridized carbons (Fsp3) is 0.176. The normalized spacial score (nSPS) is 12.6. The standard InChI is InChI=1S/C17H16BrNO/c1-11-7-8-15(14(18)9-11)19-12(2)17-10-13-5-3-4-6-16(13)20-17/h3-10,12,19H,1-2H3. The van der Waals surface area contributed by atoms with Crippen LogP contribution < -0.4 is 5.32 Å². The second-order valence-corrected chi connectivity index (χ2v) is 5.89. The monoisotopic (exact) mass is 329 g/mol. The van der Waals surface area contributed by atoms with Crippen molar-refractivity contribution in [3.8, 4) is 0 Å². The van der Waals surface area contributed by atoms with Crippen LogP contribution in [0.4, 0.5) is 5.69 Å². The molecule has 0 bridgehead atoms. The van der Waals surface area contributed by atoms with Crippen molar-refractivity contribution < 1.29 is 4.42 Å². The van der Waals surface area contributed by atoms with E-state index < -0.39 is 0 Å². The minimum absolute atomic E-state index is 0.112. The van der Waals surface area contributed by atoms with Gasteiger partial charge in [0.25, 0.3) is 0 Å². The van der Waals surface area contributed by atoms with Gasteiger partial charge in [0, 0.05) is 15.5 Å². The number of hydrogen-bond acceptors (Lipinski definition) is 2. The van der Waals surface area contributed by atoms with Crippen molar-refractivity contribution in [2.75, 3.05) is 5.32 Å². The highest BCUT2D eigenvalue weighted by molar-refractivity contribution is 9.10. The molecule has 3 rings (SSSR count). The van der Waals surface area contributed by atoms with Crippen LogP contribution in [0, 0.1) is 6.92 Å². The molecule has 1 N–H and O–H groups in total. The largest absolute Gasteiger partial charge is 0.459 e. The van der Waals surface area contributed by atoms with Gasteiger partial charge >= 0.3 is 0 Å². The molecular weight excluding hydrogens is 314 g/mol. The molecule has 102 valence electrons. The number of rotatable bonds is 3. The zero-order valence-corrected chi connectivity index (χ0v) is 13.1. The highest BCUT2D eigenvalue weighted by Crippen LogP contribution is 2.29. The van der Waals surface area contributed by atoms with E-state index in [1.54, 1.807) is 0 Å². The summed E-state index contributed by atoms with van der Waals surface area (Å²) >= 11 is 3.59. The van der Waals surface area contributed by atoms with E-state index in [-0.39, 0.29) is 6.04 Å². The van der Waals surface area contributed by atoms with Crippen LogP contribution in [0.25, 0.3) is 11.0 Å². The highest BCUT2D eigenvalue weighted by Gasteiger charge is 2.12. The Morgan fingerprint density at radius 3 is 2.65 bits per heavy atom. The number of nitrogens with one attached hydrogen (secondary N) is 1. The quantitative estimate of drug-likeness (QED) is 0.669. The van der Waals surface area contributed by atoms with Crippen molar-refractivity contribution >= 4 is 32.6 Å². The molecule has 0 saturated heterocycles. The van der Waals surface area contributed by atoms with Crippen molar-refractivity contribution in [3.05, 3.63) is 64.3 Å². The number of hydrogen-bond donors (Lipinski definition) is 1. The van der Waals surface area contributed by atoms with Gasteiger partial charge in [-0.15, -0.1) is 0 Å². The summed E-state index contributed by atoms with van der Waals surface area (Å²) in [6, 6.07) is 16.6. The summed E-state index contributed by atoms with van der Waals surface area (Å²) in [5.41, 5.74) is 3.24. The summed E-state index contributed by atoms with van der Waals surface area (Å²) < 4.78 is 6.96. The van der Waals surface area contributed by atoms with Crippen LogP contribution in [0.1, 0.15) is 24.3 Å². The Kier molecular flexibility index (Phi) is 3.53. The summed E-state index contributed by atoms with van der Waals surface area (Å²) in [5.74, 6) is 0.943. The fourth-order valence-electron chi connectivity index (χ4n) is 2.26. The van der Waals surface area contributed by atoms with E-state index in [1.807, 2.05) is 18.2 Å². The Labute approximate surface area is 126 Å². The van der Waals surface area contributed by atoms with Gasteiger partial charge in [-0.25, -0.2) is 0 Å². The molecule has 2 nitrogen and oxygen atoms in total. The molecule has 3 heteroatoms. The third-order valence-electron chi connectivity index (χ3n) is 3.37. The zero-order chi connectivity index (χ0) is 14.1. The maximum absolute atomic E-state index is 5.89. The van der Waals surface area contributed by atoms with Gasteiger partial charge in [-0.2, -0.15) is 0 Å². The molecule has 1 aromatic heterocycles. The lowest BCUT2D eigenvalue weighted by Gasteiger charge is -2.14. The Bertz CT molecular complexity index is 715. The van der Waals surface area contributed by atoms with Gasteiger partial charge in [0.05, 0.1) is 6.04 Å². The first kappa shape index (κ1) is 13.3. The molecule has 1 heterocycles. The summed E-state index contributed by atoms with van der Waals surface area (Å²) in [6.07, 6.45) is 0. The van der Waals surface area contributed by atoms with Crippen molar-refractivity contribution in [1.82, 2.24) is 0 Å². The minimum Gasteiger partial charge on any atom is -0.459 e. The Morgan fingerprint density at radius 2 is 1.90 bits per heavy atom. The maximum Gasteiger partial charge on any atom is 0.134 e. The second-order valence-electron chi connectivity index (χ2n) is 5.04. The lowest BCUT2D eigenvalue weighted by Crippen LogP contribution is -2.06. The molecule has 0 spiro atoms. The van der Waals surface area contributed by atoms with Crippen molar-refractivity contribution in [2.24, 2.45) is 0 Å². The topological polar surface area (TPSA) is 25.2 Å². The Balaban J connectivity index is 1.86. The summed E-state index contributed by atoms with van der Waals surface area (Å²) in [5, 5.41) is 4.61. The molecular formula is C17H16BrNO. The number of anilines is 1. The third-order valence-corrected chi connectivity index (χ3v) is 4.02. The molecule has 0 radical (unpaired) electrons. The van der Waals surface area contributed by atoms with Crippen molar-refractivity contribution in [1.29, 1.82) is 0 Å². The van der Waals surface area contributed by atoms with Crippen LogP contribution in [0.15, 0.2) is 57.4 Å². The SMILES string of the molecule is Cc1ccc(NC(C)c2cc3ccccc3o2)c(Br)c1. The molecule has 0 aliphatic rings. The van der Waals surface area contributed by atoms with E-state index in [0.717, 1.165) is 26.9 Å². The molecule has 2 aromatic carbocycles. The number of benzene rings is 2. The molecule has 0 aliphatic heterocycles. The van der Waals surface area contributed by atoms with Crippen LogP contribution in [0.5, 0.6) is 0 Å². The van der Waals surface area contributed by atoms with Crippen LogP contribution in [0.3, 0.4) is 0 Å². The second kappa shape index (κ2) is 5.33. The predicted molar refractivity (Wildman–Crippen MR) is 87.1 cm³/mol. The molecule has 3 aromatic rings. The lowest BCUT2D eigenvalue weighted by molar-refractivity contribution is 0.526. The smallest absolute Gasteiger partial charge is 0.134 e. The number of furan rings is 1. The summed E-state index contributed by atoms with van der Waals surface area (Å²) in [6.45, 7) is 4.18. The maximum atomic E-state index is 5.89. The van der Waals surface area contributed by atoms with Crippen LogP contribution in [-0.2, 0) is 0 Å². The lowest BCUT2D eigenvalue weighted by atomic mass is 10.2. The molecule has 1 unspecified atom stereocenters. The van der Waals surface area contributed by atoms with E-state index in [9.17, 15) is 0 Å². The van der Waals surface area contributed by atoms with Crippen LogP contribution in [-0.4, -0.2) is 0 Å². The van der Waals surface area contributed by atoms with Gasteiger partial charge in [-0.1, -0.05) is 24.3 Å². The van der Waals surface area contributed by atoms with Gasteiger partial charge in [-0.05, 0) is 59.6 Å². The van der Waals surface area contributed by atoms with Gasteiger partial charge in [0.1, 0.15) is 11.3 Å². The Morgan fingerprint density at radius 1 is 1.10 bits per heavy atom. The van der Waals surface area contributed by atoms with E-state index in [4.69, 9.17) is 4.42 Å². The molecule has 0 fully saturated rings. The molecule has 0 saturated carbocycles. The number of para-hydroxylation sites is 1. The highest BCUT2D eigenvalue weighted by atomic mass is 79.9. The zero-order valence-electron chi connectivity index (χ0n) is 11.5. The van der Waals surface area contributed by atoms with Gasteiger partial charge in [0.15, 0.2) is 0 Å². The van der Waals surface area contributed by atoms with Crippen molar-refractivity contribution in [2.45, 2.75) is 19.9 Å². The van der Waals surface area contributed by atoms with E-state index in [1.165, 1.54) is 5.56 Å². The summed E-state index contributed by atoms with van der Waals surface area (Å²) in [7, 11) is 0. The van der Waals surface area contributed by atoms with E-state index in [0.29, 0.717) is 0 Å². The average molecular weight is 330 g/mol. The van der Waals surface area contributed by atoms with E-state index in [2.05, 4.69) is 65.4 Å². The van der Waals surface area contributed by atoms with Gasteiger partial charge in [0.2, 0.25) is 0 Å². The van der Waals surface area contributed by atoms with Crippen molar-refractivity contribution in [3.63, 3.8) is 0 Å². The first-order valence-electron chi connectivity index (χ1n) is 6.64. The predicted octanol–water partition coefficient (Wildman–Crippen LogP) is 5.68. The first-order valence-corrected chi connectivity index (χ1v) is 7.44. The first-order chi connectivity index (χ1) is 9.63. The number of aryl methyl sites for hydroxylation is 1. The van der Waals surface area contributed by atoms with Crippen LogP contribution >= 0.6 is 15.9 Å². The Hall–Kier alpha value is -1.74. The van der Waals surface area contributed by atoms with Crippen LogP contribution in [0.2, 0.25) is 0 Å². The van der Waals surface area contributed by atoms with E-state index >= 15 is 0 Å². The summed E-state index contributed by atoms with van der Waals surface area (Å²) in [4.78, 5) is 0.